The van der Waals surface area contributed by atoms with Crippen molar-refractivity contribution < 1.29 is 9.53 Å². The molecule has 0 aromatic heterocycles. The number of methoxy groups -OCH3 is 1. The highest BCUT2D eigenvalue weighted by Gasteiger charge is 2.21. The second kappa shape index (κ2) is 14.6. The first-order chi connectivity index (χ1) is 11.6. The Morgan fingerprint density at radius 3 is 2.40 bits per heavy atom. The molecule has 2 N–H and O–H groups in total. The van der Waals surface area contributed by atoms with Crippen LogP contribution in [0.3, 0.4) is 0 Å². The van der Waals surface area contributed by atoms with Gasteiger partial charge in [0.15, 0.2) is 5.96 Å². The molecule has 0 aromatic carbocycles. The summed E-state index contributed by atoms with van der Waals surface area (Å²) in [5.41, 5.74) is 0. The van der Waals surface area contributed by atoms with Crippen molar-refractivity contribution in [3.8, 4) is 0 Å². The summed E-state index contributed by atoms with van der Waals surface area (Å²) in [5.74, 6) is 0.800. The Balaban J connectivity index is 0.00000576. The summed E-state index contributed by atoms with van der Waals surface area (Å²) >= 11 is 0. The molecule has 0 radical (unpaired) electrons. The summed E-state index contributed by atoms with van der Waals surface area (Å²) in [6.45, 7) is 7.76. The minimum atomic E-state index is -0.110. The maximum atomic E-state index is 11.0. The summed E-state index contributed by atoms with van der Waals surface area (Å²) < 4.78 is 4.64. The van der Waals surface area contributed by atoms with Gasteiger partial charge in [-0.3, -0.25) is 9.79 Å². The average Bonchev–Trinajstić information content (AvgIpc) is 2.59. The summed E-state index contributed by atoms with van der Waals surface area (Å²) in [5, 5.41) is 6.94. The lowest BCUT2D eigenvalue weighted by Gasteiger charge is -2.35. The molecule has 7 heteroatoms. The van der Waals surface area contributed by atoms with E-state index in [1.165, 1.54) is 20.0 Å². The smallest absolute Gasteiger partial charge is 0.305 e. The van der Waals surface area contributed by atoms with Crippen LogP contribution in [0.4, 0.5) is 0 Å². The molecule has 0 aliphatic carbocycles. The van der Waals surface area contributed by atoms with Gasteiger partial charge in [0.05, 0.1) is 7.11 Å². The fraction of sp³-hybridized carbons (Fsp3) is 0.889. The molecule has 1 aliphatic heterocycles. The fourth-order valence-electron chi connectivity index (χ4n) is 3.00. The highest BCUT2D eigenvalue weighted by molar-refractivity contribution is 14.0. The Labute approximate surface area is 170 Å². The number of likely N-dealkylation sites (tertiary alicyclic amines) is 1. The zero-order valence-corrected chi connectivity index (χ0v) is 18.7. The second-order valence-corrected chi connectivity index (χ2v) is 6.79. The Kier molecular flexibility index (Phi) is 14.3. The number of hydrogen-bond acceptors (Lipinski definition) is 4. The van der Waals surface area contributed by atoms with Crippen molar-refractivity contribution in [2.24, 2.45) is 4.99 Å². The zero-order valence-electron chi connectivity index (χ0n) is 16.3. The van der Waals surface area contributed by atoms with Crippen LogP contribution >= 0.6 is 24.0 Å². The topological polar surface area (TPSA) is 66.0 Å². The maximum absolute atomic E-state index is 11.0. The van der Waals surface area contributed by atoms with E-state index in [9.17, 15) is 4.79 Å². The van der Waals surface area contributed by atoms with Crippen LogP contribution < -0.4 is 10.6 Å². The summed E-state index contributed by atoms with van der Waals surface area (Å²) in [4.78, 5) is 17.9. The molecule has 0 unspecified atom stereocenters. The molecule has 1 rings (SSSR count). The van der Waals surface area contributed by atoms with E-state index in [-0.39, 0.29) is 29.9 Å². The van der Waals surface area contributed by atoms with Gasteiger partial charge >= 0.3 is 5.97 Å². The third-order valence-electron chi connectivity index (χ3n) is 4.65. The van der Waals surface area contributed by atoms with Crippen molar-refractivity contribution in [2.45, 2.75) is 70.9 Å². The number of hydrogen-bond donors (Lipinski definition) is 2. The number of guanidine groups is 1. The summed E-state index contributed by atoms with van der Waals surface area (Å²) in [7, 11) is 3.27. The predicted octanol–water partition coefficient (Wildman–Crippen LogP) is 2.77. The van der Waals surface area contributed by atoms with Crippen molar-refractivity contribution in [3.63, 3.8) is 0 Å². The third kappa shape index (κ3) is 10.9. The van der Waals surface area contributed by atoms with Gasteiger partial charge in [-0.2, -0.15) is 0 Å². The van der Waals surface area contributed by atoms with Gasteiger partial charge in [0.1, 0.15) is 0 Å². The van der Waals surface area contributed by atoms with E-state index in [2.05, 4.69) is 39.1 Å². The van der Waals surface area contributed by atoms with E-state index in [4.69, 9.17) is 0 Å². The zero-order chi connectivity index (χ0) is 17.8. The number of unbranched alkanes of at least 4 members (excludes halogenated alkanes) is 3. The Bertz CT molecular complexity index is 383. The molecular formula is C18H37IN4O2. The van der Waals surface area contributed by atoms with E-state index >= 15 is 0 Å². The van der Waals surface area contributed by atoms with Gasteiger partial charge in [-0.25, -0.2) is 0 Å². The molecule has 1 aliphatic rings. The highest BCUT2D eigenvalue weighted by atomic mass is 127. The monoisotopic (exact) mass is 468 g/mol. The van der Waals surface area contributed by atoms with Crippen LogP contribution in [0.2, 0.25) is 0 Å². The minimum Gasteiger partial charge on any atom is -0.469 e. The fourth-order valence-corrected chi connectivity index (χ4v) is 3.00. The van der Waals surface area contributed by atoms with Gasteiger partial charge in [-0.05, 0) is 39.5 Å². The van der Waals surface area contributed by atoms with Crippen LogP contribution in [0, 0.1) is 0 Å². The number of carbonyl (C=O) groups is 1. The molecule has 0 atom stereocenters. The first kappa shape index (κ1) is 24.4. The number of nitrogens with zero attached hydrogens (tertiary/aromatic N) is 2. The van der Waals surface area contributed by atoms with Crippen LogP contribution in [-0.2, 0) is 9.53 Å². The molecule has 0 aromatic rings. The predicted molar refractivity (Wildman–Crippen MR) is 115 cm³/mol. The van der Waals surface area contributed by atoms with Gasteiger partial charge in [0.2, 0.25) is 0 Å². The first-order valence-electron chi connectivity index (χ1n) is 9.34. The van der Waals surface area contributed by atoms with Crippen LogP contribution in [0.5, 0.6) is 0 Å². The van der Waals surface area contributed by atoms with Gasteiger partial charge in [-0.15, -0.1) is 24.0 Å². The van der Waals surface area contributed by atoms with Crippen molar-refractivity contribution >= 4 is 35.9 Å². The largest absolute Gasteiger partial charge is 0.469 e. The molecule has 6 nitrogen and oxygen atoms in total. The molecular weight excluding hydrogens is 431 g/mol. The SMILES string of the molecule is CN=C(NCCCCCCC(=O)OC)NC1CCN(C(C)C)CC1.I. The molecule has 0 spiro atoms. The molecule has 25 heavy (non-hydrogen) atoms. The van der Waals surface area contributed by atoms with Gasteiger partial charge in [-0.1, -0.05) is 12.8 Å². The van der Waals surface area contributed by atoms with E-state index in [0.717, 1.165) is 51.3 Å². The molecule has 148 valence electrons. The van der Waals surface area contributed by atoms with E-state index in [1.807, 2.05) is 7.05 Å². The number of nitrogens with one attached hydrogen (secondary N) is 2. The number of esters is 1. The summed E-state index contributed by atoms with van der Waals surface area (Å²) in [6.07, 6.45) is 7.06. The molecule has 1 heterocycles. The molecule has 1 fully saturated rings. The molecule has 1 saturated heterocycles. The molecule has 0 amide bonds. The van der Waals surface area contributed by atoms with Crippen LogP contribution in [0.15, 0.2) is 4.99 Å². The van der Waals surface area contributed by atoms with Gasteiger partial charge < -0.3 is 20.3 Å². The van der Waals surface area contributed by atoms with E-state index in [0.29, 0.717) is 18.5 Å². The Morgan fingerprint density at radius 2 is 1.84 bits per heavy atom. The van der Waals surface area contributed by atoms with Crippen molar-refractivity contribution in [3.05, 3.63) is 0 Å². The first-order valence-corrected chi connectivity index (χ1v) is 9.34. The minimum absolute atomic E-state index is 0. The van der Waals surface area contributed by atoms with Crippen molar-refractivity contribution in [1.29, 1.82) is 0 Å². The number of carbonyl (C=O) groups excluding carboxylic acids is 1. The molecule has 0 saturated carbocycles. The lowest BCUT2D eigenvalue weighted by atomic mass is 10.0. The number of rotatable bonds is 9. The lowest BCUT2D eigenvalue weighted by Crippen LogP contribution is -2.49. The van der Waals surface area contributed by atoms with Crippen molar-refractivity contribution in [2.75, 3.05) is 33.8 Å². The molecule has 0 bridgehead atoms. The maximum Gasteiger partial charge on any atom is 0.305 e. The lowest BCUT2D eigenvalue weighted by molar-refractivity contribution is -0.140. The van der Waals surface area contributed by atoms with E-state index < -0.39 is 0 Å². The number of halogens is 1. The number of ether oxygens (including phenoxy) is 1. The quantitative estimate of drug-likeness (QED) is 0.179. The average molecular weight is 468 g/mol. The van der Waals surface area contributed by atoms with Crippen LogP contribution in [0.1, 0.15) is 58.8 Å². The van der Waals surface area contributed by atoms with E-state index in [1.54, 1.807) is 0 Å². The highest BCUT2D eigenvalue weighted by Crippen LogP contribution is 2.12. The Hall–Kier alpha value is -0.570. The third-order valence-corrected chi connectivity index (χ3v) is 4.65. The standard InChI is InChI=1S/C18H36N4O2.HI/c1-15(2)22-13-10-16(11-14-22)21-18(19-3)20-12-8-6-5-7-9-17(23)24-4;/h15-16H,5-14H2,1-4H3,(H2,19,20,21);1H. The van der Waals surface area contributed by atoms with Crippen LogP contribution in [-0.4, -0.2) is 62.7 Å². The normalized spacial score (nSPS) is 16.4. The number of piperidine rings is 1. The van der Waals surface area contributed by atoms with Crippen LogP contribution in [0.25, 0.3) is 0 Å². The van der Waals surface area contributed by atoms with Crippen molar-refractivity contribution in [1.82, 2.24) is 15.5 Å². The van der Waals surface area contributed by atoms with Gasteiger partial charge in [0.25, 0.3) is 0 Å². The van der Waals surface area contributed by atoms with Gasteiger partial charge in [0, 0.05) is 45.2 Å². The Morgan fingerprint density at radius 1 is 1.20 bits per heavy atom. The second-order valence-electron chi connectivity index (χ2n) is 6.79. The number of aliphatic imine (C=N–C) groups is 1. The summed E-state index contributed by atoms with van der Waals surface area (Å²) in [6, 6.07) is 1.16.